The third-order valence-electron chi connectivity index (χ3n) is 2.78. The largest absolute Gasteiger partial charge is 0.382 e. The molecule has 1 aliphatic carbocycles. The Kier molecular flexibility index (Phi) is 1.94. The summed E-state index contributed by atoms with van der Waals surface area (Å²) in [6, 6.07) is 0. The van der Waals surface area contributed by atoms with E-state index in [2.05, 4.69) is 0 Å². The van der Waals surface area contributed by atoms with E-state index in [1.165, 1.54) is 0 Å². The fraction of sp³-hybridized carbons (Fsp3) is 1.00. The fourth-order valence-corrected chi connectivity index (χ4v) is 2.04. The summed E-state index contributed by atoms with van der Waals surface area (Å²) in [5.74, 6) is 0.163. The molecule has 0 bridgehead atoms. The van der Waals surface area contributed by atoms with Crippen LogP contribution in [0, 0.1) is 0 Å². The molecule has 4 atom stereocenters. The van der Waals surface area contributed by atoms with Crippen molar-refractivity contribution in [3.63, 3.8) is 0 Å². The van der Waals surface area contributed by atoms with E-state index in [9.17, 15) is 0 Å². The van der Waals surface area contributed by atoms with Crippen LogP contribution in [0.4, 0.5) is 0 Å². The Bertz CT molecular complexity index is 187. The lowest BCUT2D eigenvalue weighted by atomic mass is 9.89. The van der Waals surface area contributed by atoms with E-state index in [4.69, 9.17) is 22.1 Å². The Morgan fingerprint density at radius 2 is 2.25 bits per heavy atom. The van der Waals surface area contributed by atoms with Crippen LogP contribution in [0.15, 0.2) is 0 Å². The van der Waals surface area contributed by atoms with Crippen molar-refractivity contribution in [3.8, 4) is 0 Å². The predicted molar refractivity (Wildman–Crippen MR) is 44.4 cm³/mol. The summed E-state index contributed by atoms with van der Waals surface area (Å²) in [5.41, 5.74) is -0.155. The summed E-state index contributed by atoms with van der Waals surface area (Å²) < 4.78 is 15.9. The number of rotatable bonds is 3. The van der Waals surface area contributed by atoms with E-state index < -0.39 is 0 Å². The van der Waals surface area contributed by atoms with Gasteiger partial charge in [-0.1, -0.05) is 0 Å². The van der Waals surface area contributed by atoms with E-state index in [-0.39, 0.29) is 23.6 Å². The normalized spacial score (nSPS) is 50.7. The van der Waals surface area contributed by atoms with E-state index in [0.717, 1.165) is 6.42 Å². The quantitative estimate of drug-likeness (QED) is 0.561. The van der Waals surface area contributed by atoms with Gasteiger partial charge in [0.1, 0.15) is 12.2 Å². The third kappa shape index (κ3) is 0.950. The molecule has 0 aromatic carbocycles. The highest BCUT2D eigenvalue weighted by molar-refractivity contribution is 6.15. The van der Waals surface area contributed by atoms with Gasteiger partial charge < -0.3 is 14.2 Å². The highest BCUT2D eigenvalue weighted by Gasteiger charge is 2.68. The van der Waals surface area contributed by atoms with Crippen molar-refractivity contribution < 1.29 is 14.2 Å². The average molecular weight is 168 g/mol. The lowest BCUT2D eigenvalue weighted by Gasteiger charge is -2.45. The SMILES string of the molecule is [B][C@H]1C[C@@]12O[C@H](COC)[C@@H]2OC. The molecule has 1 saturated heterocycles. The van der Waals surface area contributed by atoms with E-state index in [0.29, 0.717) is 6.61 Å². The van der Waals surface area contributed by atoms with Crippen molar-refractivity contribution in [3.05, 3.63) is 0 Å². The number of hydrogen-bond donors (Lipinski definition) is 0. The average Bonchev–Trinajstić information content (AvgIpc) is 2.64. The first-order valence-corrected chi connectivity index (χ1v) is 4.19. The lowest BCUT2D eigenvalue weighted by molar-refractivity contribution is -0.260. The first kappa shape index (κ1) is 8.54. The number of hydrogen-bond acceptors (Lipinski definition) is 3. The smallest absolute Gasteiger partial charge is 0.114 e. The molecule has 1 aliphatic heterocycles. The molecule has 1 spiro atoms. The molecule has 0 N–H and O–H groups in total. The topological polar surface area (TPSA) is 27.7 Å². The Balaban J connectivity index is 1.91. The zero-order valence-corrected chi connectivity index (χ0v) is 7.45. The molecule has 0 aromatic heterocycles. The lowest BCUT2D eigenvalue weighted by Crippen LogP contribution is -2.59. The van der Waals surface area contributed by atoms with Gasteiger partial charge >= 0.3 is 0 Å². The summed E-state index contributed by atoms with van der Waals surface area (Å²) in [4.78, 5) is 0. The minimum Gasteiger partial charge on any atom is -0.382 e. The van der Waals surface area contributed by atoms with Crippen LogP contribution in [0.2, 0.25) is 5.82 Å². The van der Waals surface area contributed by atoms with Crippen molar-refractivity contribution >= 4 is 7.85 Å². The minimum absolute atomic E-state index is 0.0774. The fourth-order valence-electron chi connectivity index (χ4n) is 2.04. The van der Waals surface area contributed by atoms with Crippen molar-refractivity contribution in [2.24, 2.45) is 0 Å². The highest BCUT2D eigenvalue weighted by atomic mass is 16.6. The first-order valence-electron chi connectivity index (χ1n) is 4.19. The van der Waals surface area contributed by atoms with Gasteiger partial charge in [0.2, 0.25) is 0 Å². The van der Waals surface area contributed by atoms with Crippen LogP contribution >= 0.6 is 0 Å². The zero-order valence-electron chi connectivity index (χ0n) is 7.45. The Labute approximate surface area is 73.8 Å². The molecule has 2 fully saturated rings. The Hall–Kier alpha value is -0.0551. The molecule has 12 heavy (non-hydrogen) atoms. The summed E-state index contributed by atoms with van der Waals surface area (Å²) in [6.45, 7) is 0.590. The van der Waals surface area contributed by atoms with Gasteiger partial charge in [-0.2, -0.15) is 0 Å². The maximum Gasteiger partial charge on any atom is 0.114 e. The van der Waals surface area contributed by atoms with Gasteiger partial charge in [-0.05, 0) is 12.2 Å². The molecule has 0 amide bonds. The standard InChI is InChI=1S/C8H13BO3/c1-10-4-5-7(11-2)8(12-5)3-6(8)9/h5-7H,3-4H2,1-2H3/t5-,6+,7+,8-/m1/s1. The Morgan fingerprint density at radius 3 is 2.67 bits per heavy atom. The summed E-state index contributed by atoms with van der Waals surface area (Å²) in [6.07, 6.45) is 1.13. The van der Waals surface area contributed by atoms with Gasteiger partial charge in [0.05, 0.1) is 20.1 Å². The van der Waals surface area contributed by atoms with Gasteiger partial charge in [0.15, 0.2) is 0 Å². The maximum atomic E-state index is 5.74. The van der Waals surface area contributed by atoms with Crippen LogP contribution in [0.5, 0.6) is 0 Å². The van der Waals surface area contributed by atoms with Gasteiger partial charge in [-0.25, -0.2) is 0 Å². The molecule has 0 unspecified atom stereocenters. The van der Waals surface area contributed by atoms with Crippen molar-refractivity contribution in [2.45, 2.75) is 30.0 Å². The second-order valence-corrected chi connectivity index (χ2v) is 3.53. The van der Waals surface area contributed by atoms with Crippen molar-refractivity contribution in [1.29, 1.82) is 0 Å². The molecular formula is C8H13BO3. The van der Waals surface area contributed by atoms with E-state index in [1.54, 1.807) is 14.2 Å². The minimum atomic E-state index is -0.155. The van der Waals surface area contributed by atoms with Gasteiger partial charge in [0.25, 0.3) is 0 Å². The van der Waals surface area contributed by atoms with Crippen LogP contribution < -0.4 is 0 Å². The van der Waals surface area contributed by atoms with E-state index in [1.807, 2.05) is 0 Å². The molecule has 0 aromatic rings. The number of methoxy groups -OCH3 is 2. The molecule has 2 radical (unpaired) electrons. The van der Waals surface area contributed by atoms with Crippen molar-refractivity contribution in [1.82, 2.24) is 0 Å². The third-order valence-corrected chi connectivity index (χ3v) is 2.78. The van der Waals surface area contributed by atoms with Gasteiger partial charge in [-0.15, -0.1) is 0 Å². The molecule has 4 heteroatoms. The molecule has 1 saturated carbocycles. The molecule has 3 nitrogen and oxygen atoms in total. The molecular weight excluding hydrogens is 155 g/mol. The summed E-state index contributed by atoms with van der Waals surface area (Å²) in [5, 5.41) is 0. The molecule has 2 rings (SSSR count). The molecule has 1 heterocycles. The van der Waals surface area contributed by atoms with Gasteiger partial charge in [0, 0.05) is 14.2 Å². The van der Waals surface area contributed by atoms with Crippen LogP contribution in [-0.4, -0.2) is 46.5 Å². The van der Waals surface area contributed by atoms with Crippen molar-refractivity contribution in [2.75, 3.05) is 20.8 Å². The van der Waals surface area contributed by atoms with Crippen LogP contribution in [0.3, 0.4) is 0 Å². The predicted octanol–water partition coefficient (Wildman–Crippen LogP) is 0.146. The monoisotopic (exact) mass is 168 g/mol. The highest BCUT2D eigenvalue weighted by Crippen LogP contribution is 2.61. The van der Waals surface area contributed by atoms with Crippen LogP contribution in [0.1, 0.15) is 6.42 Å². The first-order chi connectivity index (χ1) is 5.74. The second-order valence-electron chi connectivity index (χ2n) is 3.53. The molecule has 66 valence electrons. The van der Waals surface area contributed by atoms with Crippen LogP contribution in [-0.2, 0) is 14.2 Å². The number of ether oxygens (including phenoxy) is 3. The second kappa shape index (κ2) is 2.72. The maximum absolute atomic E-state index is 5.74. The van der Waals surface area contributed by atoms with Crippen LogP contribution in [0.25, 0.3) is 0 Å². The Morgan fingerprint density at radius 1 is 1.58 bits per heavy atom. The summed E-state index contributed by atoms with van der Waals surface area (Å²) >= 11 is 0. The molecule has 2 aliphatic rings. The zero-order chi connectivity index (χ0) is 8.77. The van der Waals surface area contributed by atoms with Gasteiger partial charge in [-0.3, -0.25) is 0 Å². The van der Waals surface area contributed by atoms with E-state index >= 15 is 0 Å². The summed E-state index contributed by atoms with van der Waals surface area (Å²) in [7, 11) is 9.10.